The molecule has 228 valence electrons. The number of nitrogens with one attached hydrogen (secondary N) is 2. The Morgan fingerprint density at radius 1 is 1.18 bits per heavy atom. The minimum absolute atomic E-state index is 0.00918. The Bertz CT molecular complexity index is 1730. The van der Waals surface area contributed by atoms with Crippen LogP contribution in [-0.2, 0) is 23.9 Å². The normalized spacial score (nSPS) is 19.9. The van der Waals surface area contributed by atoms with Crippen molar-refractivity contribution < 1.29 is 48.8 Å². The molecule has 1 aromatic carbocycles. The molecular weight excluding hydrogens is 600 g/mol. The van der Waals surface area contributed by atoms with Crippen molar-refractivity contribution in [3.8, 4) is 11.5 Å². The SMILES string of the molecule is CO[C@@]1(NC(=O)C(NC(=O)c2cnc3cccnc3c2O)c2ccc(O)cc2)C(=O)N2C(C(=O)O)=C(COC(N)=O)CS[C@@H]21. The molecular formula is C27H24N6O10S. The summed E-state index contributed by atoms with van der Waals surface area (Å²) >= 11 is 1.04. The number of thioether (sulfide) groups is 1. The predicted octanol–water partition coefficient (Wildman–Crippen LogP) is 0.320. The van der Waals surface area contributed by atoms with Crippen molar-refractivity contribution in [2.45, 2.75) is 17.1 Å². The van der Waals surface area contributed by atoms with Gasteiger partial charge in [-0.15, -0.1) is 11.8 Å². The fourth-order valence-electron chi connectivity index (χ4n) is 4.82. The molecule has 4 amide bonds. The van der Waals surface area contributed by atoms with Gasteiger partial charge in [-0.25, -0.2) is 9.59 Å². The monoisotopic (exact) mass is 624 g/mol. The third kappa shape index (κ3) is 5.18. The lowest BCUT2D eigenvalue weighted by Gasteiger charge is -2.55. The summed E-state index contributed by atoms with van der Waals surface area (Å²) in [7, 11) is 1.14. The van der Waals surface area contributed by atoms with Crippen LogP contribution in [0.3, 0.4) is 0 Å². The number of aromatic nitrogens is 2. The number of carboxylic acids is 1. The summed E-state index contributed by atoms with van der Waals surface area (Å²) in [5, 5.41) is 34.3. The molecule has 16 nitrogen and oxygen atoms in total. The zero-order chi connectivity index (χ0) is 31.8. The van der Waals surface area contributed by atoms with Gasteiger partial charge in [0.1, 0.15) is 40.5 Å². The third-order valence-electron chi connectivity index (χ3n) is 6.94. The highest BCUT2D eigenvalue weighted by Gasteiger charge is 2.67. The lowest BCUT2D eigenvalue weighted by Crippen LogP contribution is -2.81. The number of hydrogen-bond acceptors (Lipinski definition) is 12. The van der Waals surface area contributed by atoms with E-state index in [0.29, 0.717) is 5.52 Å². The van der Waals surface area contributed by atoms with E-state index in [0.717, 1.165) is 30.0 Å². The minimum Gasteiger partial charge on any atom is -0.508 e. The fourth-order valence-corrected chi connectivity index (χ4v) is 6.24. The van der Waals surface area contributed by atoms with E-state index in [2.05, 4.69) is 20.6 Å². The highest BCUT2D eigenvalue weighted by Crippen LogP contribution is 2.47. The topological polar surface area (TPSA) is 244 Å². The highest BCUT2D eigenvalue weighted by molar-refractivity contribution is 8.00. The number of primary amides is 1. The van der Waals surface area contributed by atoms with Gasteiger partial charge >= 0.3 is 12.1 Å². The van der Waals surface area contributed by atoms with E-state index in [4.69, 9.17) is 15.2 Å². The van der Waals surface area contributed by atoms with Crippen LogP contribution in [0, 0.1) is 0 Å². The first-order valence-corrected chi connectivity index (χ1v) is 13.8. The maximum Gasteiger partial charge on any atom is 0.404 e. The zero-order valence-corrected chi connectivity index (χ0v) is 23.5. The van der Waals surface area contributed by atoms with Crippen LogP contribution >= 0.6 is 11.8 Å². The van der Waals surface area contributed by atoms with Crippen LogP contribution in [0.2, 0.25) is 0 Å². The number of phenols is 1. The molecule has 17 heteroatoms. The third-order valence-corrected chi connectivity index (χ3v) is 8.31. The van der Waals surface area contributed by atoms with E-state index >= 15 is 0 Å². The smallest absolute Gasteiger partial charge is 0.404 e. The molecule has 4 heterocycles. The number of nitrogens with two attached hydrogens (primary N) is 1. The number of aromatic hydroxyl groups is 2. The quantitative estimate of drug-likeness (QED) is 0.139. The minimum atomic E-state index is -2.05. The molecule has 2 aliphatic heterocycles. The predicted molar refractivity (Wildman–Crippen MR) is 151 cm³/mol. The summed E-state index contributed by atoms with van der Waals surface area (Å²) in [6.45, 7) is -0.465. The van der Waals surface area contributed by atoms with Gasteiger partial charge in [0.05, 0.1) is 5.52 Å². The van der Waals surface area contributed by atoms with E-state index < -0.39 is 65.0 Å². The number of pyridine rings is 2. The molecule has 1 fully saturated rings. The van der Waals surface area contributed by atoms with Gasteiger partial charge in [0.15, 0.2) is 5.75 Å². The van der Waals surface area contributed by atoms with Crippen LogP contribution in [0.4, 0.5) is 4.79 Å². The summed E-state index contributed by atoms with van der Waals surface area (Å²) < 4.78 is 10.2. The number of ether oxygens (including phenoxy) is 2. The lowest BCUT2D eigenvalue weighted by molar-refractivity contribution is -0.193. The summed E-state index contributed by atoms with van der Waals surface area (Å²) in [6.07, 6.45) is 1.39. The zero-order valence-electron chi connectivity index (χ0n) is 22.7. The molecule has 0 radical (unpaired) electrons. The molecule has 3 aromatic rings. The number of β-lactam (4-membered cyclic amide) rings is 1. The molecule has 5 rings (SSSR count). The highest BCUT2D eigenvalue weighted by atomic mass is 32.2. The van der Waals surface area contributed by atoms with E-state index in [9.17, 15) is 39.3 Å². The molecule has 2 aliphatic rings. The first-order valence-electron chi connectivity index (χ1n) is 12.7. The average molecular weight is 625 g/mol. The Balaban J connectivity index is 1.44. The fraction of sp³-hybridized carbons (Fsp3) is 0.222. The van der Waals surface area contributed by atoms with Crippen LogP contribution in [-0.4, -0.2) is 90.5 Å². The Morgan fingerprint density at radius 2 is 1.91 bits per heavy atom. The van der Waals surface area contributed by atoms with Gasteiger partial charge in [-0.1, -0.05) is 12.1 Å². The largest absolute Gasteiger partial charge is 0.508 e. The lowest BCUT2D eigenvalue weighted by atomic mass is 9.96. The van der Waals surface area contributed by atoms with Gasteiger partial charge in [0.2, 0.25) is 5.91 Å². The van der Waals surface area contributed by atoms with Crippen molar-refractivity contribution in [1.29, 1.82) is 0 Å². The van der Waals surface area contributed by atoms with E-state index in [-0.39, 0.29) is 33.7 Å². The Morgan fingerprint density at radius 3 is 2.57 bits per heavy atom. The number of benzene rings is 1. The van der Waals surface area contributed by atoms with E-state index in [1.54, 1.807) is 12.1 Å². The molecule has 7 N–H and O–H groups in total. The average Bonchev–Trinajstić information content (AvgIpc) is 3.01. The van der Waals surface area contributed by atoms with Crippen LogP contribution in [0.1, 0.15) is 22.0 Å². The van der Waals surface area contributed by atoms with Crippen molar-refractivity contribution in [3.05, 3.63) is 71.2 Å². The van der Waals surface area contributed by atoms with Crippen LogP contribution in [0.15, 0.2) is 60.1 Å². The van der Waals surface area contributed by atoms with Crippen molar-refractivity contribution in [2.75, 3.05) is 19.5 Å². The van der Waals surface area contributed by atoms with Crippen LogP contribution in [0.5, 0.6) is 11.5 Å². The second-order valence-corrected chi connectivity index (χ2v) is 10.6. The molecule has 2 aromatic heterocycles. The Hall–Kier alpha value is -5.42. The molecule has 1 unspecified atom stereocenters. The summed E-state index contributed by atoms with van der Waals surface area (Å²) in [4.78, 5) is 72.8. The van der Waals surface area contributed by atoms with Crippen molar-refractivity contribution in [1.82, 2.24) is 25.5 Å². The second-order valence-electron chi connectivity index (χ2n) is 9.52. The van der Waals surface area contributed by atoms with Gasteiger partial charge < -0.3 is 41.2 Å². The summed E-state index contributed by atoms with van der Waals surface area (Å²) in [5.41, 5.74) is 2.89. The number of carbonyl (C=O) groups is 5. The molecule has 3 atom stereocenters. The van der Waals surface area contributed by atoms with Crippen molar-refractivity contribution in [2.24, 2.45) is 5.73 Å². The van der Waals surface area contributed by atoms with E-state index in [1.165, 1.54) is 30.5 Å². The van der Waals surface area contributed by atoms with Crippen molar-refractivity contribution in [3.63, 3.8) is 0 Å². The molecule has 44 heavy (non-hydrogen) atoms. The molecule has 0 spiro atoms. The standard InChI is InChI=1S/C27H24N6O10S/c1-42-27(24(40)33-19(23(38)39)13(10-43-26(28)41)11-44-25(27)33)32-22(37)17(12-4-6-14(34)7-5-12)31-21(36)15-9-30-16-3-2-8-29-18(16)20(15)35/h2-9,17,25,34H,10-11H2,1H3,(H2,28,41)(H,30,35)(H,31,36)(H,32,37)(H,38,39)/t17?,25-,27+/m1/s1. The maximum atomic E-state index is 13.8. The maximum absolute atomic E-state index is 13.8. The van der Waals surface area contributed by atoms with Gasteiger partial charge in [-0.2, -0.15) is 0 Å². The van der Waals surface area contributed by atoms with Gasteiger partial charge in [0.25, 0.3) is 17.5 Å². The Labute approximate surface area is 251 Å². The number of carboxylic acid groups (broad SMARTS) is 1. The van der Waals surface area contributed by atoms with Crippen LogP contribution in [0.25, 0.3) is 11.0 Å². The number of carbonyl (C=O) groups excluding carboxylic acids is 4. The number of amides is 4. The first kappa shape index (κ1) is 30.1. The van der Waals surface area contributed by atoms with Gasteiger partial charge in [0, 0.05) is 30.8 Å². The molecule has 0 saturated carbocycles. The van der Waals surface area contributed by atoms with Gasteiger partial charge in [-0.05, 0) is 29.8 Å². The second kappa shape index (κ2) is 11.7. The van der Waals surface area contributed by atoms with Crippen molar-refractivity contribution >= 4 is 52.6 Å². The molecule has 0 aliphatic carbocycles. The van der Waals surface area contributed by atoms with Crippen LogP contribution < -0.4 is 16.4 Å². The van der Waals surface area contributed by atoms with E-state index in [1.807, 2.05) is 0 Å². The number of aliphatic carboxylic acids is 1. The first-order chi connectivity index (χ1) is 21.0. The number of nitrogens with zero attached hydrogens (tertiary/aromatic N) is 3. The summed E-state index contributed by atoms with van der Waals surface area (Å²) in [6, 6.07) is 6.96. The Kier molecular flexibility index (Phi) is 7.99. The molecule has 0 bridgehead atoms. The summed E-state index contributed by atoms with van der Waals surface area (Å²) in [5.74, 6) is -4.86. The number of methoxy groups -OCH3 is 1. The number of rotatable bonds is 9. The number of phenolic OH excluding ortho intramolecular Hbond substituents is 1. The van der Waals surface area contributed by atoms with Gasteiger partial charge in [-0.3, -0.25) is 29.3 Å². The molecule has 1 saturated heterocycles. The number of hydrogen-bond donors (Lipinski definition) is 6. The number of fused-ring (bicyclic) bond motifs is 2.